The van der Waals surface area contributed by atoms with Crippen molar-refractivity contribution in [1.82, 2.24) is 0 Å². The molecule has 2 aromatic carbocycles. The second kappa shape index (κ2) is 10.7. The third kappa shape index (κ3) is 5.38. The summed E-state index contributed by atoms with van der Waals surface area (Å²) in [6, 6.07) is 6.40. The van der Waals surface area contributed by atoms with E-state index in [9.17, 15) is 4.79 Å². The lowest BCUT2D eigenvalue weighted by Gasteiger charge is -2.17. The van der Waals surface area contributed by atoms with Gasteiger partial charge in [-0.25, -0.2) is 0 Å². The van der Waals surface area contributed by atoms with Crippen LogP contribution >= 0.6 is 11.6 Å². The number of ether oxygens (including phenoxy) is 5. The van der Waals surface area contributed by atoms with Gasteiger partial charge in [-0.05, 0) is 39.0 Å². The molecular formula is C21H26ClNO6. The topological polar surface area (TPSA) is 75.3 Å². The van der Waals surface area contributed by atoms with Gasteiger partial charge in [0, 0.05) is 11.6 Å². The summed E-state index contributed by atoms with van der Waals surface area (Å²) in [4.78, 5) is 12.9. The molecule has 0 aliphatic heterocycles. The Morgan fingerprint density at radius 1 is 0.828 bits per heavy atom. The fraction of sp³-hybridized carbons (Fsp3) is 0.381. The highest BCUT2D eigenvalue weighted by Crippen LogP contribution is 2.40. The molecule has 0 spiro atoms. The van der Waals surface area contributed by atoms with Gasteiger partial charge in [-0.15, -0.1) is 0 Å². The van der Waals surface area contributed by atoms with E-state index >= 15 is 0 Å². The predicted octanol–water partition coefficient (Wildman–Crippen LogP) is 4.81. The highest BCUT2D eigenvalue weighted by molar-refractivity contribution is 6.32. The van der Waals surface area contributed by atoms with Crippen LogP contribution < -0.4 is 29.0 Å². The van der Waals surface area contributed by atoms with Crippen LogP contribution in [0.3, 0.4) is 0 Å². The second-order valence-corrected chi connectivity index (χ2v) is 6.15. The van der Waals surface area contributed by atoms with Gasteiger partial charge >= 0.3 is 0 Å². The summed E-state index contributed by atoms with van der Waals surface area (Å²) in [5.74, 6) is 1.82. The van der Waals surface area contributed by atoms with Crippen LogP contribution in [0.2, 0.25) is 5.02 Å². The molecule has 1 N–H and O–H groups in total. The first kappa shape index (κ1) is 22.5. The number of halogens is 1. The maximum Gasteiger partial charge on any atom is 0.256 e. The predicted molar refractivity (Wildman–Crippen MR) is 112 cm³/mol. The van der Waals surface area contributed by atoms with Crippen molar-refractivity contribution in [3.8, 4) is 28.7 Å². The molecule has 0 atom stereocenters. The standard InChI is InChI=1S/C21H26ClNO6/c1-6-27-18-9-13(10-19(28-7-2)20(18)29-8-3)21(24)23-15-11-14(22)16(25-4)12-17(15)26-5/h9-12H,6-8H2,1-5H3,(H,23,24). The number of hydrogen-bond acceptors (Lipinski definition) is 6. The minimum Gasteiger partial charge on any atom is -0.495 e. The molecule has 8 heteroatoms. The number of benzene rings is 2. The first-order valence-electron chi connectivity index (χ1n) is 9.28. The van der Waals surface area contributed by atoms with Crippen LogP contribution in [-0.4, -0.2) is 39.9 Å². The minimum atomic E-state index is -0.380. The van der Waals surface area contributed by atoms with Crippen LogP contribution in [0.25, 0.3) is 0 Å². The lowest BCUT2D eigenvalue weighted by Crippen LogP contribution is -2.14. The third-order valence-electron chi connectivity index (χ3n) is 3.89. The van der Waals surface area contributed by atoms with Crippen molar-refractivity contribution >= 4 is 23.2 Å². The highest BCUT2D eigenvalue weighted by atomic mass is 35.5. The Bertz CT molecular complexity index is 828. The molecule has 0 unspecified atom stereocenters. The van der Waals surface area contributed by atoms with Crippen molar-refractivity contribution in [1.29, 1.82) is 0 Å². The van der Waals surface area contributed by atoms with Crippen molar-refractivity contribution in [2.45, 2.75) is 20.8 Å². The van der Waals surface area contributed by atoms with Gasteiger partial charge in [0.1, 0.15) is 11.5 Å². The molecule has 0 bridgehead atoms. The lowest BCUT2D eigenvalue weighted by molar-refractivity contribution is 0.102. The number of amides is 1. The summed E-state index contributed by atoms with van der Waals surface area (Å²) in [6.07, 6.45) is 0. The first-order valence-corrected chi connectivity index (χ1v) is 9.65. The van der Waals surface area contributed by atoms with Crippen LogP contribution in [0.5, 0.6) is 28.7 Å². The van der Waals surface area contributed by atoms with E-state index in [0.29, 0.717) is 64.8 Å². The van der Waals surface area contributed by atoms with Crippen LogP contribution in [-0.2, 0) is 0 Å². The summed E-state index contributed by atoms with van der Waals surface area (Å²) >= 11 is 6.19. The molecule has 0 aromatic heterocycles. The Morgan fingerprint density at radius 3 is 1.86 bits per heavy atom. The molecule has 0 saturated heterocycles. The summed E-state index contributed by atoms with van der Waals surface area (Å²) in [7, 11) is 3.00. The zero-order valence-corrected chi connectivity index (χ0v) is 18.0. The maximum atomic E-state index is 12.9. The van der Waals surface area contributed by atoms with Crippen molar-refractivity contribution in [2.24, 2.45) is 0 Å². The molecule has 0 heterocycles. The number of anilines is 1. The summed E-state index contributed by atoms with van der Waals surface area (Å²) in [5, 5.41) is 3.15. The fourth-order valence-electron chi connectivity index (χ4n) is 2.67. The van der Waals surface area contributed by atoms with Gasteiger partial charge in [-0.2, -0.15) is 0 Å². The number of carbonyl (C=O) groups is 1. The largest absolute Gasteiger partial charge is 0.495 e. The van der Waals surface area contributed by atoms with Gasteiger partial charge in [0.25, 0.3) is 5.91 Å². The third-order valence-corrected chi connectivity index (χ3v) is 4.19. The van der Waals surface area contributed by atoms with Gasteiger partial charge in [-0.1, -0.05) is 11.6 Å². The van der Waals surface area contributed by atoms with Crippen LogP contribution in [0.15, 0.2) is 24.3 Å². The monoisotopic (exact) mass is 423 g/mol. The van der Waals surface area contributed by atoms with Crippen molar-refractivity contribution in [3.05, 3.63) is 34.9 Å². The molecule has 0 radical (unpaired) electrons. The Hall–Kier alpha value is -2.80. The number of nitrogens with one attached hydrogen (secondary N) is 1. The smallest absolute Gasteiger partial charge is 0.256 e. The van der Waals surface area contributed by atoms with Crippen LogP contribution in [0, 0.1) is 0 Å². The summed E-state index contributed by atoms with van der Waals surface area (Å²) in [6.45, 7) is 6.84. The van der Waals surface area contributed by atoms with Gasteiger partial charge in [-0.3, -0.25) is 4.79 Å². The Kier molecular flexibility index (Phi) is 8.27. The molecule has 0 aliphatic carbocycles. The maximum absolute atomic E-state index is 12.9. The first-order chi connectivity index (χ1) is 14.0. The van der Waals surface area contributed by atoms with E-state index in [0.717, 1.165) is 0 Å². The van der Waals surface area contributed by atoms with Crippen molar-refractivity contribution < 1.29 is 28.5 Å². The van der Waals surface area contributed by atoms with E-state index < -0.39 is 0 Å². The number of rotatable bonds is 10. The molecular weight excluding hydrogens is 398 g/mol. The van der Waals surface area contributed by atoms with Gasteiger partial charge in [0.05, 0.1) is 44.8 Å². The molecule has 0 fully saturated rings. The normalized spacial score (nSPS) is 10.3. The van der Waals surface area contributed by atoms with Gasteiger partial charge < -0.3 is 29.0 Å². The summed E-state index contributed by atoms with van der Waals surface area (Å²) in [5.41, 5.74) is 0.752. The molecule has 0 saturated carbocycles. The fourth-order valence-corrected chi connectivity index (χ4v) is 2.91. The molecule has 2 rings (SSSR count). The molecule has 0 aliphatic rings. The Morgan fingerprint density at radius 2 is 1.38 bits per heavy atom. The zero-order valence-electron chi connectivity index (χ0n) is 17.3. The number of hydrogen-bond donors (Lipinski definition) is 1. The minimum absolute atomic E-state index is 0.342. The average Bonchev–Trinajstić information content (AvgIpc) is 2.70. The van der Waals surface area contributed by atoms with Crippen molar-refractivity contribution in [2.75, 3.05) is 39.4 Å². The number of methoxy groups -OCH3 is 2. The number of carbonyl (C=O) groups excluding carboxylic acids is 1. The van der Waals surface area contributed by atoms with Crippen LogP contribution in [0.1, 0.15) is 31.1 Å². The van der Waals surface area contributed by atoms with E-state index in [1.54, 1.807) is 24.3 Å². The molecule has 7 nitrogen and oxygen atoms in total. The van der Waals surface area contributed by atoms with Crippen molar-refractivity contribution in [3.63, 3.8) is 0 Å². The quantitative estimate of drug-likeness (QED) is 0.591. The zero-order chi connectivity index (χ0) is 21.4. The van der Waals surface area contributed by atoms with E-state index in [4.69, 9.17) is 35.3 Å². The van der Waals surface area contributed by atoms with E-state index in [-0.39, 0.29) is 5.91 Å². The van der Waals surface area contributed by atoms with E-state index in [1.807, 2.05) is 20.8 Å². The van der Waals surface area contributed by atoms with E-state index in [2.05, 4.69) is 5.32 Å². The second-order valence-electron chi connectivity index (χ2n) is 5.74. The SMILES string of the molecule is CCOc1cc(C(=O)Nc2cc(Cl)c(OC)cc2OC)cc(OCC)c1OCC. The van der Waals surface area contributed by atoms with Crippen LogP contribution in [0.4, 0.5) is 5.69 Å². The molecule has 158 valence electrons. The average molecular weight is 424 g/mol. The molecule has 29 heavy (non-hydrogen) atoms. The summed E-state index contributed by atoms with van der Waals surface area (Å²) < 4.78 is 27.5. The Labute approximate surface area is 175 Å². The molecule has 1 amide bonds. The van der Waals surface area contributed by atoms with E-state index in [1.165, 1.54) is 14.2 Å². The lowest BCUT2D eigenvalue weighted by atomic mass is 10.1. The van der Waals surface area contributed by atoms with Gasteiger partial charge in [0.15, 0.2) is 11.5 Å². The van der Waals surface area contributed by atoms with Gasteiger partial charge in [0.2, 0.25) is 5.75 Å². The Balaban J connectivity index is 2.43. The highest BCUT2D eigenvalue weighted by Gasteiger charge is 2.20. The molecule has 2 aromatic rings.